The van der Waals surface area contributed by atoms with Crippen LogP contribution in [0.15, 0.2) is 17.5 Å². The highest BCUT2D eigenvalue weighted by molar-refractivity contribution is 7.51. The number of aliphatic imine (C=N–C) groups is 1. The van der Waals surface area contributed by atoms with Gasteiger partial charge in [-0.05, 0) is 6.92 Å². The first-order valence-corrected chi connectivity index (χ1v) is 7.98. The molecule has 0 saturated carbocycles. The van der Waals surface area contributed by atoms with Crippen molar-refractivity contribution in [3.63, 3.8) is 0 Å². The molecule has 0 fully saturated rings. The van der Waals surface area contributed by atoms with Crippen LogP contribution < -0.4 is 11.5 Å². The largest absolute Gasteiger partial charge is 0.370 e. The molecule has 0 aliphatic carbocycles. The molecule has 2 aromatic rings. The zero-order valence-corrected chi connectivity index (χ0v) is 12.6. The van der Waals surface area contributed by atoms with Crippen LogP contribution in [0.1, 0.15) is 6.92 Å². The second-order valence-electron chi connectivity index (χ2n) is 4.58. The summed E-state index contributed by atoms with van der Waals surface area (Å²) in [4.78, 5) is 33.4. The molecule has 0 unspecified atom stereocenters. The maximum absolute atomic E-state index is 10.8. The zero-order valence-electron chi connectivity index (χ0n) is 11.7. The number of fused-ring (bicyclic) bond motifs is 1. The molecule has 22 heavy (non-hydrogen) atoms. The fourth-order valence-electron chi connectivity index (χ4n) is 1.71. The van der Waals surface area contributed by atoms with E-state index in [0.29, 0.717) is 17.7 Å². The molecule has 12 heteroatoms. The second kappa shape index (κ2) is 6.36. The van der Waals surface area contributed by atoms with Crippen molar-refractivity contribution in [1.82, 2.24) is 19.5 Å². The van der Waals surface area contributed by atoms with E-state index in [1.54, 1.807) is 11.5 Å². The smallest absolute Gasteiger partial charge is 0.350 e. The van der Waals surface area contributed by atoms with Gasteiger partial charge in [0.25, 0.3) is 5.95 Å². The number of nitrogens with two attached hydrogens (primary N) is 2. The number of rotatable bonds is 6. The third kappa shape index (κ3) is 4.46. The van der Waals surface area contributed by atoms with Crippen molar-refractivity contribution in [3.05, 3.63) is 12.5 Å². The highest BCUT2D eigenvalue weighted by atomic mass is 31.2. The highest BCUT2D eigenvalue weighted by Gasteiger charge is 2.16. The van der Waals surface area contributed by atoms with E-state index in [9.17, 15) is 4.57 Å². The van der Waals surface area contributed by atoms with Gasteiger partial charge in [0.2, 0.25) is 0 Å². The van der Waals surface area contributed by atoms with Gasteiger partial charge in [0.15, 0.2) is 11.6 Å². The summed E-state index contributed by atoms with van der Waals surface area (Å²) in [5, 5.41) is 0. The Balaban J connectivity index is 2.12. The average Bonchev–Trinajstić information content (AvgIpc) is 2.77. The predicted octanol–water partition coefficient (Wildman–Crippen LogP) is -0.728. The first kappa shape index (κ1) is 16.3. The molecule has 0 amide bonds. The monoisotopic (exact) mass is 329 g/mol. The summed E-state index contributed by atoms with van der Waals surface area (Å²) >= 11 is 0. The Bertz CT molecular complexity index is 736. The summed E-state index contributed by atoms with van der Waals surface area (Å²) in [6.45, 7) is 2.03. The van der Waals surface area contributed by atoms with E-state index in [0.717, 1.165) is 0 Å². The molecule has 120 valence electrons. The number of aromatic nitrogens is 4. The Morgan fingerprint density at radius 1 is 1.50 bits per heavy atom. The number of ether oxygens (including phenoxy) is 1. The first-order valence-electron chi connectivity index (χ1n) is 6.18. The van der Waals surface area contributed by atoms with Crippen molar-refractivity contribution in [1.29, 1.82) is 0 Å². The van der Waals surface area contributed by atoms with Gasteiger partial charge in [-0.15, -0.1) is 0 Å². The minimum Gasteiger partial charge on any atom is -0.370 e. The van der Waals surface area contributed by atoms with Gasteiger partial charge in [-0.3, -0.25) is 4.57 Å². The molecule has 2 heterocycles. The quantitative estimate of drug-likeness (QED) is 0.302. The summed E-state index contributed by atoms with van der Waals surface area (Å²) in [6.07, 6.45) is 1.97. The summed E-state index contributed by atoms with van der Waals surface area (Å²) < 4.78 is 17.6. The van der Waals surface area contributed by atoms with Gasteiger partial charge in [-0.1, -0.05) is 0 Å². The minimum atomic E-state index is -4.19. The van der Waals surface area contributed by atoms with Crippen LogP contribution in [-0.2, 0) is 15.8 Å². The van der Waals surface area contributed by atoms with Gasteiger partial charge in [0.1, 0.15) is 11.9 Å². The van der Waals surface area contributed by atoms with Gasteiger partial charge in [0.05, 0.1) is 25.2 Å². The topological polar surface area (TPSA) is 175 Å². The lowest BCUT2D eigenvalue weighted by atomic mass is 10.4. The Kier molecular flexibility index (Phi) is 4.71. The fourth-order valence-corrected chi connectivity index (χ4v) is 2.16. The number of imidazole rings is 1. The van der Waals surface area contributed by atoms with Crippen molar-refractivity contribution < 1.29 is 19.1 Å². The third-order valence-electron chi connectivity index (χ3n) is 2.58. The van der Waals surface area contributed by atoms with E-state index in [2.05, 4.69) is 19.9 Å². The van der Waals surface area contributed by atoms with Crippen molar-refractivity contribution in [2.24, 2.45) is 16.5 Å². The Labute approximate surface area is 125 Å². The molecule has 1 atom stereocenters. The molecule has 6 N–H and O–H groups in total. The summed E-state index contributed by atoms with van der Waals surface area (Å²) in [6, 6.07) is 0. The van der Waals surface area contributed by atoms with Crippen molar-refractivity contribution in [2.75, 3.05) is 6.35 Å². The van der Waals surface area contributed by atoms with E-state index in [1.165, 1.54) is 12.5 Å². The first-order chi connectivity index (χ1) is 10.2. The van der Waals surface area contributed by atoms with Crippen molar-refractivity contribution in [2.45, 2.75) is 19.6 Å². The molecular weight excluding hydrogens is 313 g/mol. The lowest BCUT2D eigenvalue weighted by molar-refractivity contribution is 0.0765. The molecule has 11 nitrogen and oxygen atoms in total. The molecule has 0 saturated heterocycles. The van der Waals surface area contributed by atoms with Gasteiger partial charge in [-0.25, -0.2) is 9.97 Å². The van der Waals surface area contributed by atoms with E-state index in [1.807, 2.05) is 0 Å². The molecule has 0 aliphatic rings. The SMILES string of the molecule is C[C@@H](Cn1cnc2nc(N=C(N)N)ncc21)OCP(=O)(O)O. The van der Waals surface area contributed by atoms with Crippen LogP contribution in [-0.4, -0.2) is 47.7 Å². The molecule has 0 aromatic carbocycles. The molecule has 0 radical (unpaired) electrons. The molecule has 0 spiro atoms. The Hall–Kier alpha value is -2.07. The van der Waals surface area contributed by atoms with Gasteiger partial charge in [-0.2, -0.15) is 9.98 Å². The number of guanidine groups is 1. The van der Waals surface area contributed by atoms with E-state index < -0.39 is 20.0 Å². The second-order valence-corrected chi connectivity index (χ2v) is 6.17. The Morgan fingerprint density at radius 2 is 2.23 bits per heavy atom. The van der Waals surface area contributed by atoms with E-state index in [-0.39, 0.29) is 11.9 Å². The lowest BCUT2D eigenvalue weighted by Gasteiger charge is -2.14. The fraction of sp³-hybridized carbons (Fsp3) is 0.400. The molecular formula is C10H16N7O4P. The highest BCUT2D eigenvalue weighted by Crippen LogP contribution is 2.34. The minimum absolute atomic E-state index is 0.101. The summed E-state index contributed by atoms with van der Waals surface area (Å²) in [5.41, 5.74) is 11.5. The van der Waals surface area contributed by atoms with Gasteiger partial charge >= 0.3 is 7.60 Å². The van der Waals surface area contributed by atoms with Crippen LogP contribution >= 0.6 is 7.60 Å². The van der Waals surface area contributed by atoms with Crippen LogP contribution in [0.2, 0.25) is 0 Å². The Morgan fingerprint density at radius 3 is 2.86 bits per heavy atom. The number of hydrogen-bond donors (Lipinski definition) is 4. The summed E-state index contributed by atoms with van der Waals surface area (Å²) in [7, 11) is -4.19. The van der Waals surface area contributed by atoms with Crippen LogP contribution in [0.3, 0.4) is 0 Å². The van der Waals surface area contributed by atoms with Crippen LogP contribution in [0.25, 0.3) is 11.2 Å². The summed E-state index contributed by atoms with van der Waals surface area (Å²) in [5.74, 6) is -0.0539. The average molecular weight is 329 g/mol. The van der Waals surface area contributed by atoms with Crippen LogP contribution in [0.5, 0.6) is 0 Å². The van der Waals surface area contributed by atoms with E-state index >= 15 is 0 Å². The predicted molar refractivity (Wildman–Crippen MR) is 78.3 cm³/mol. The van der Waals surface area contributed by atoms with Gasteiger partial charge in [0, 0.05) is 0 Å². The molecule has 0 bridgehead atoms. The number of nitrogens with zero attached hydrogens (tertiary/aromatic N) is 5. The van der Waals surface area contributed by atoms with Crippen molar-refractivity contribution >= 4 is 30.7 Å². The molecule has 0 aliphatic heterocycles. The maximum atomic E-state index is 10.8. The standard InChI is InChI=1S/C10H16N7O4P/c1-6(21-5-22(18,19)20)3-17-4-14-8-7(17)2-13-10(15-8)16-9(11)12/h2,4,6H,3,5H2,1H3,(H2,18,19,20)(H4,11,12,13,15,16)/t6-/m0/s1. The molecule has 2 rings (SSSR count). The maximum Gasteiger partial charge on any atom is 0.350 e. The van der Waals surface area contributed by atoms with Crippen LogP contribution in [0, 0.1) is 0 Å². The number of hydrogen-bond acceptors (Lipinski definition) is 6. The third-order valence-corrected chi connectivity index (χ3v) is 3.06. The molecule has 2 aromatic heterocycles. The van der Waals surface area contributed by atoms with Crippen molar-refractivity contribution in [3.8, 4) is 0 Å². The van der Waals surface area contributed by atoms with Crippen LogP contribution in [0.4, 0.5) is 5.95 Å². The van der Waals surface area contributed by atoms with E-state index in [4.69, 9.17) is 26.0 Å². The van der Waals surface area contributed by atoms with Gasteiger partial charge < -0.3 is 30.6 Å². The lowest BCUT2D eigenvalue weighted by Crippen LogP contribution is -2.22. The zero-order chi connectivity index (χ0) is 16.3. The normalized spacial score (nSPS) is 13.2.